The minimum atomic E-state index is -1.03. The maximum absolute atomic E-state index is 11.7. The summed E-state index contributed by atoms with van der Waals surface area (Å²) < 4.78 is 9.72. The molecule has 1 saturated carbocycles. The van der Waals surface area contributed by atoms with Gasteiger partial charge >= 0.3 is 12.0 Å². The number of ether oxygens (including phenoxy) is 2. The topological polar surface area (TPSA) is 93.7 Å². The van der Waals surface area contributed by atoms with Crippen molar-refractivity contribution in [3.8, 4) is 0 Å². The average molecular weight is 300 g/mol. The van der Waals surface area contributed by atoms with E-state index in [0.717, 1.165) is 25.7 Å². The van der Waals surface area contributed by atoms with Crippen LogP contribution in [0.1, 0.15) is 46.0 Å². The lowest BCUT2D eigenvalue weighted by Crippen LogP contribution is -2.48. The van der Waals surface area contributed by atoms with Crippen LogP contribution in [0.4, 0.5) is 4.79 Å². The predicted molar refractivity (Wildman–Crippen MR) is 75.6 cm³/mol. The number of hydrogen-bond acceptors (Lipinski definition) is 5. The average Bonchev–Trinajstić information content (AvgIpc) is 2.45. The van der Waals surface area contributed by atoms with Crippen molar-refractivity contribution in [1.82, 2.24) is 10.6 Å². The standard InChI is InChI=1S/C14H24N2O5/c1-3-20-9-12(17)21-10(2)13(18)16-14(19)15-11-7-5-4-6-8-11/h10-11H,3-9H2,1-2H3,(H2,15,16,18,19)/t10-/m0/s1. The van der Waals surface area contributed by atoms with Gasteiger partial charge in [-0.1, -0.05) is 19.3 Å². The molecule has 3 amide bonds. The van der Waals surface area contributed by atoms with Gasteiger partial charge in [-0.25, -0.2) is 9.59 Å². The molecule has 0 bridgehead atoms. The Hall–Kier alpha value is -1.63. The number of imide groups is 1. The fourth-order valence-corrected chi connectivity index (χ4v) is 2.15. The van der Waals surface area contributed by atoms with Crippen LogP contribution >= 0.6 is 0 Å². The third-order valence-electron chi connectivity index (χ3n) is 3.28. The van der Waals surface area contributed by atoms with Gasteiger partial charge in [0.2, 0.25) is 0 Å². The summed E-state index contributed by atoms with van der Waals surface area (Å²) in [4.78, 5) is 34.7. The van der Waals surface area contributed by atoms with Crippen molar-refractivity contribution in [2.45, 2.75) is 58.1 Å². The monoisotopic (exact) mass is 300 g/mol. The maximum Gasteiger partial charge on any atom is 0.332 e. The van der Waals surface area contributed by atoms with Crippen LogP contribution in [0.2, 0.25) is 0 Å². The van der Waals surface area contributed by atoms with Crippen LogP contribution in [-0.4, -0.2) is 43.3 Å². The summed E-state index contributed by atoms with van der Waals surface area (Å²) in [5.74, 6) is -1.28. The molecule has 1 rings (SSSR count). The minimum Gasteiger partial charge on any atom is -0.451 e. The van der Waals surface area contributed by atoms with E-state index in [-0.39, 0.29) is 12.6 Å². The summed E-state index contributed by atoms with van der Waals surface area (Å²) in [6.45, 7) is 3.34. The van der Waals surface area contributed by atoms with Gasteiger partial charge in [-0.15, -0.1) is 0 Å². The third-order valence-corrected chi connectivity index (χ3v) is 3.28. The Balaban J connectivity index is 2.27. The number of amides is 3. The van der Waals surface area contributed by atoms with Gasteiger partial charge in [0.1, 0.15) is 6.61 Å². The smallest absolute Gasteiger partial charge is 0.332 e. The molecule has 21 heavy (non-hydrogen) atoms. The number of rotatable bonds is 6. The molecule has 0 aromatic heterocycles. The molecule has 2 N–H and O–H groups in total. The molecular weight excluding hydrogens is 276 g/mol. The molecule has 0 radical (unpaired) electrons. The van der Waals surface area contributed by atoms with Crippen LogP contribution in [0.25, 0.3) is 0 Å². The number of urea groups is 1. The highest BCUT2D eigenvalue weighted by atomic mass is 16.6. The summed E-state index contributed by atoms with van der Waals surface area (Å²) in [5.41, 5.74) is 0. The van der Waals surface area contributed by atoms with E-state index in [0.29, 0.717) is 6.61 Å². The van der Waals surface area contributed by atoms with Gasteiger partial charge in [-0.2, -0.15) is 0 Å². The van der Waals surface area contributed by atoms with Gasteiger partial charge < -0.3 is 14.8 Å². The van der Waals surface area contributed by atoms with Crippen molar-refractivity contribution < 1.29 is 23.9 Å². The third kappa shape index (κ3) is 7.08. The highest BCUT2D eigenvalue weighted by molar-refractivity contribution is 5.97. The van der Waals surface area contributed by atoms with Crippen molar-refractivity contribution in [3.63, 3.8) is 0 Å². The summed E-state index contributed by atoms with van der Waals surface area (Å²) >= 11 is 0. The van der Waals surface area contributed by atoms with E-state index in [4.69, 9.17) is 9.47 Å². The number of carbonyl (C=O) groups is 3. The van der Waals surface area contributed by atoms with E-state index >= 15 is 0 Å². The van der Waals surface area contributed by atoms with Gasteiger partial charge in [-0.05, 0) is 26.7 Å². The lowest BCUT2D eigenvalue weighted by molar-refractivity contribution is -0.158. The second-order valence-electron chi connectivity index (χ2n) is 5.07. The van der Waals surface area contributed by atoms with Gasteiger partial charge in [-0.3, -0.25) is 10.1 Å². The Kier molecular flexibility index (Phi) is 7.74. The molecule has 0 saturated heterocycles. The summed E-state index contributed by atoms with van der Waals surface area (Å²) in [5, 5.41) is 4.94. The van der Waals surface area contributed by atoms with Crippen LogP contribution in [0.5, 0.6) is 0 Å². The molecule has 120 valence electrons. The van der Waals surface area contributed by atoms with Crippen LogP contribution in [0, 0.1) is 0 Å². The first-order chi connectivity index (χ1) is 10.0. The van der Waals surface area contributed by atoms with E-state index in [1.807, 2.05) is 0 Å². The molecule has 0 unspecified atom stereocenters. The normalized spacial score (nSPS) is 16.9. The Morgan fingerprint density at radius 2 is 1.86 bits per heavy atom. The van der Waals surface area contributed by atoms with Gasteiger partial charge in [0.25, 0.3) is 5.91 Å². The molecule has 0 aliphatic heterocycles. The van der Waals surface area contributed by atoms with E-state index in [2.05, 4.69) is 10.6 Å². The lowest BCUT2D eigenvalue weighted by Gasteiger charge is -2.23. The molecule has 7 heteroatoms. The fraction of sp³-hybridized carbons (Fsp3) is 0.786. The van der Waals surface area contributed by atoms with Crippen molar-refractivity contribution >= 4 is 17.9 Å². The summed E-state index contributed by atoms with van der Waals surface area (Å²) in [7, 11) is 0. The second-order valence-corrected chi connectivity index (χ2v) is 5.07. The van der Waals surface area contributed by atoms with E-state index in [1.54, 1.807) is 6.92 Å². The second kappa shape index (κ2) is 9.33. The van der Waals surface area contributed by atoms with E-state index < -0.39 is 24.0 Å². The van der Waals surface area contributed by atoms with Crippen LogP contribution in [0.3, 0.4) is 0 Å². The molecule has 1 fully saturated rings. The maximum atomic E-state index is 11.7. The Morgan fingerprint density at radius 3 is 2.48 bits per heavy atom. The van der Waals surface area contributed by atoms with E-state index in [9.17, 15) is 14.4 Å². The van der Waals surface area contributed by atoms with Gasteiger partial charge in [0, 0.05) is 12.6 Å². The lowest BCUT2D eigenvalue weighted by atomic mass is 9.96. The molecule has 0 spiro atoms. The SMILES string of the molecule is CCOCC(=O)O[C@@H](C)C(=O)NC(=O)NC1CCCCC1. The zero-order chi connectivity index (χ0) is 15.7. The first-order valence-electron chi connectivity index (χ1n) is 7.41. The van der Waals surface area contributed by atoms with Crippen LogP contribution in [-0.2, 0) is 19.1 Å². The van der Waals surface area contributed by atoms with Gasteiger partial charge in [0.05, 0.1) is 0 Å². The molecule has 0 aromatic rings. The summed E-state index contributed by atoms with van der Waals surface area (Å²) in [6, 6.07) is -0.429. The highest BCUT2D eigenvalue weighted by Crippen LogP contribution is 2.17. The van der Waals surface area contributed by atoms with Crippen LogP contribution in [0.15, 0.2) is 0 Å². The number of nitrogens with one attached hydrogen (secondary N) is 2. The first kappa shape index (κ1) is 17.4. The van der Waals surface area contributed by atoms with E-state index in [1.165, 1.54) is 13.3 Å². The van der Waals surface area contributed by atoms with Gasteiger partial charge in [0.15, 0.2) is 6.10 Å². The number of hydrogen-bond donors (Lipinski definition) is 2. The van der Waals surface area contributed by atoms with Crippen molar-refractivity contribution in [3.05, 3.63) is 0 Å². The van der Waals surface area contributed by atoms with Crippen molar-refractivity contribution in [2.24, 2.45) is 0 Å². The quantitative estimate of drug-likeness (QED) is 0.717. The predicted octanol–water partition coefficient (Wildman–Crippen LogP) is 1.11. The Labute approximate surface area is 124 Å². The molecule has 7 nitrogen and oxygen atoms in total. The Bertz CT molecular complexity index is 366. The zero-order valence-corrected chi connectivity index (χ0v) is 12.6. The molecule has 0 aromatic carbocycles. The zero-order valence-electron chi connectivity index (χ0n) is 12.6. The number of esters is 1. The Morgan fingerprint density at radius 1 is 1.19 bits per heavy atom. The summed E-state index contributed by atoms with van der Waals surface area (Å²) in [6.07, 6.45) is 4.19. The largest absolute Gasteiger partial charge is 0.451 e. The van der Waals surface area contributed by atoms with Crippen molar-refractivity contribution in [2.75, 3.05) is 13.2 Å². The van der Waals surface area contributed by atoms with Crippen LogP contribution < -0.4 is 10.6 Å². The molecule has 1 aliphatic carbocycles. The fourth-order valence-electron chi connectivity index (χ4n) is 2.15. The first-order valence-corrected chi connectivity index (χ1v) is 7.41. The molecule has 0 heterocycles. The van der Waals surface area contributed by atoms with Crippen molar-refractivity contribution in [1.29, 1.82) is 0 Å². The molecule has 1 aliphatic rings. The number of carbonyl (C=O) groups excluding carboxylic acids is 3. The highest BCUT2D eigenvalue weighted by Gasteiger charge is 2.22. The molecule has 1 atom stereocenters. The molecular formula is C14H24N2O5. The minimum absolute atomic E-state index is 0.113.